The van der Waals surface area contributed by atoms with Gasteiger partial charge in [0.05, 0.1) is 5.02 Å². The number of anilines is 2. The van der Waals surface area contributed by atoms with Crippen LogP contribution in [0.25, 0.3) is 0 Å². The van der Waals surface area contributed by atoms with Crippen molar-refractivity contribution in [1.82, 2.24) is 9.80 Å². The molecule has 0 spiro atoms. The first-order valence-electron chi connectivity index (χ1n) is 21.7. The van der Waals surface area contributed by atoms with Gasteiger partial charge in [-0.1, -0.05) is 144 Å². The minimum atomic E-state index is -3.72. The number of rotatable bonds is 15. The number of piperidine rings is 2. The van der Waals surface area contributed by atoms with Gasteiger partial charge >= 0.3 is 0 Å². The van der Waals surface area contributed by atoms with Gasteiger partial charge in [-0.3, -0.25) is 4.72 Å². The molecule has 4 aliphatic rings. The minimum absolute atomic E-state index is 0.102. The summed E-state index contributed by atoms with van der Waals surface area (Å²) in [5, 5.41) is 1.07. The van der Waals surface area contributed by atoms with E-state index in [-0.39, 0.29) is 15.3 Å². The van der Waals surface area contributed by atoms with E-state index in [0.717, 1.165) is 41.2 Å². The summed E-state index contributed by atoms with van der Waals surface area (Å²) < 4.78 is 28.3. The normalized spacial score (nSPS) is 25.8. The number of sulfonamides is 1. The molecule has 314 valence electrons. The largest absolute Gasteiger partial charge is 0.399 e. The highest BCUT2D eigenvalue weighted by molar-refractivity contribution is 7.92. The maximum Gasteiger partial charge on any atom is 0.263 e. The molecule has 2 aliphatic carbocycles. The zero-order valence-corrected chi connectivity index (χ0v) is 37.7. The molecular formula is C49H66Cl2N4O2S. The highest BCUT2D eigenvalue weighted by Crippen LogP contribution is 2.64. The van der Waals surface area contributed by atoms with Crippen LogP contribution in [-0.4, -0.2) is 57.5 Å². The van der Waals surface area contributed by atoms with Crippen molar-refractivity contribution in [3.8, 4) is 0 Å². The standard InChI is InChI=1S/C24H31ClN2O2S.C18H28N2.C7H7Cl/c1-3-4-5-8-14-27-16-20-21(17-27)24(20,2)18-10-9-11-19(15-18)26-30(28,29)23-13-7-6-12-22(23)25;1-3-4-5-6-10-20-12-16-17(13-20)18(16,2)14-8-7-9-15(19)11-14;1-6-4-2-3-5-7(6)8/h6-7,9-13,15,20-21,26H,3-5,8,14,16-17H2,1-2H3;7-9,11,16-17H,3-6,10,12-13,19H2,1-2H3;2-5H,1H3. The summed E-state index contributed by atoms with van der Waals surface area (Å²) in [6, 6.07) is 30.7. The molecule has 4 aromatic rings. The molecule has 0 amide bonds. The van der Waals surface area contributed by atoms with E-state index in [1.807, 2.05) is 49.4 Å². The van der Waals surface area contributed by atoms with Crippen LogP contribution in [0.15, 0.2) is 102 Å². The number of unbranched alkanes of at least 4 members (excludes halogenated alkanes) is 6. The van der Waals surface area contributed by atoms with E-state index in [2.05, 4.69) is 66.5 Å². The van der Waals surface area contributed by atoms with Crippen LogP contribution in [0.4, 0.5) is 11.4 Å². The fraction of sp³-hybridized carbons (Fsp3) is 0.510. The third-order valence-corrected chi connectivity index (χ3v) is 16.1. The molecule has 4 atom stereocenters. The molecule has 2 aliphatic heterocycles. The van der Waals surface area contributed by atoms with Gasteiger partial charge in [0, 0.05) is 53.4 Å². The number of nitrogens with zero attached hydrogens (tertiary/aromatic N) is 2. The number of fused-ring (bicyclic) bond motifs is 2. The van der Waals surface area contributed by atoms with E-state index in [9.17, 15) is 8.42 Å². The van der Waals surface area contributed by atoms with Gasteiger partial charge in [0.1, 0.15) is 4.90 Å². The summed E-state index contributed by atoms with van der Waals surface area (Å²) in [6.07, 6.45) is 10.7. The van der Waals surface area contributed by atoms with Crippen molar-refractivity contribution in [2.24, 2.45) is 23.7 Å². The van der Waals surface area contributed by atoms with Gasteiger partial charge in [-0.15, -0.1) is 0 Å². The topological polar surface area (TPSA) is 78.7 Å². The molecule has 4 unspecified atom stereocenters. The van der Waals surface area contributed by atoms with E-state index in [1.54, 1.807) is 24.3 Å². The number of benzene rings is 4. The lowest BCUT2D eigenvalue weighted by atomic mass is 9.92. The van der Waals surface area contributed by atoms with Crippen LogP contribution in [0.3, 0.4) is 0 Å². The zero-order valence-electron chi connectivity index (χ0n) is 35.4. The Hall–Kier alpha value is -3.07. The number of nitrogen functional groups attached to an aromatic ring is 1. The predicted molar refractivity (Wildman–Crippen MR) is 246 cm³/mol. The molecule has 0 bridgehead atoms. The second kappa shape index (κ2) is 19.5. The van der Waals surface area contributed by atoms with Crippen molar-refractivity contribution < 1.29 is 8.42 Å². The van der Waals surface area contributed by atoms with Gasteiger partial charge < -0.3 is 15.5 Å². The number of nitrogens with one attached hydrogen (secondary N) is 1. The summed E-state index contributed by atoms with van der Waals surface area (Å²) >= 11 is 11.8. The molecule has 9 heteroatoms. The van der Waals surface area contributed by atoms with E-state index >= 15 is 0 Å². The lowest BCUT2D eigenvalue weighted by Crippen LogP contribution is -2.30. The minimum Gasteiger partial charge on any atom is -0.399 e. The maximum atomic E-state index is 12.8. The Morgan fingerprint density at radius 3 is 1.59 bits per heavy atom. The molecule has 2 heterocycles. The lowest BCUT2D eigenvalue weighted by molar-refractivity contribution is 0.271. The van der Waals surface area contributed by atoms with Gasteiger partial charge in [-0.05, 0) is 116 Å². The van der Waals surface area contributed by atoms with E-state index in [4.69, 9.17) is 28.9 Å². The number of hydrogen-bond acceptors (Lipinski definition) is 5. The number of nitrogens with two attached hydrogens (primary N) is 1. The van der Waals surface area contributed by atoms with Crippen molar-refractivity contribution in [2.45, 2.75) is 102 Å². The second-order valence-corrected chi connectivity index (χ2v) is 20.1. The average Bonchev–Trinajstić information content (AvgIpc) is 3.67. The van der Waals surface area contributed by atoms with Crippen LogP contribution in [0, 0.1) is 30.6 Å². The Kier molecular flexibility index (Phi) is 15.0. The van der Waals surface area contributed by atoms with E-state index in [1.165, 1.54) is 94.7 Å². The summed E-state index contributed by atoms with van der Waals surface area (Å²) in [5.41, 5.74) is 11.8. The van der Waals surface area contributed by atoms with Crippen molar-refractivity contribution in [1.29, 1.82) is 0 Å². The van der Waals surface area contributed by atoms with Gasteiger partial charge in [0.2, 0.25) is 0 Å². The maximum absolute atomic E-state index is 12.8. The number of halogens is 2. The Balaban J connectivity index is 0.000000173. The molecule has 4 fully saturated rings. The SMILES string of the molecule is CCCCCCN1CC2C(C1)C2(C)c1cccc(N)c1.CCCCCCN1CC2C(C1)C2(C)c1cccc(NS(=O)(=O)c2ccccc2Cl)c1.Cc1ccccc1Cl. The van der Waals surface area contributed by atoms with Crippen LogP contribution in [0.2, 0.25) is 10.0 Å². The van der Waals surface area contributed by atoms with E-state index < -0.39 is 10.0 Å². The van der Waals surface area contributed by atoms with Crippen LogP contribution >= 0.6 is 23.2 Å². The summed E-state index contributed by atoms with van der Waals surface area (Å²) in [7, 11) is -3.72. The van der Waals surface area contributed by atoms with Crippen molar-refractivity contribution in [3.63, 3.8) is 0 Å². The zero-order chi connectivity index (χ0) is 41.5. The first-order valence-corrected chi connectivity index (χ1v) is 24.0. The number of hydrogen-bond donors (Lipinski definition) is 2. The molecular weight excluding hydrogens is 780 g/mol. The first kappa shape index (κ1) is 44.5. The Morgan fingerprint density at radius 2 is 1.12 bits per heavy atom. The quantitative estimate of drug-likeness (QED) is 0.0920. The third kappa shape index (κ3) is 10.3. The smallest absolute Gasteiger partial charge is 0.263 e. The summed E-state index contributed by atoms with van der Waals surface area (Å²) in [5.74, 6) is 3.05. The predicted octanol–water partition coefficient (Wildman–Crippen LogP) is 11.9. The fourth-order valence-corrected chi connectivity index (χ4v) is 11.6. The molecule has 6 nitrogen and oxygen atoms in total. The second-order valence-electron chi connectivity index (χ2n) is 17.6. The average molecular weight is 846 g/mol. The molecule has 0 aromatic heterocycles. The molecule has 2 saturated heterocycles. The number of likely N-dealkylation sites (tertiary alicyclic amines) is 2. The van der Waals surface area contributed by atoms with E-state index in [0.29, 0.717) is 22.9 Å². The van der Waals surface area contributed by atoms with Crippen LogP contribution in [0.5, 0.6) is 0 Å². The molecule has 3 N–H and O–H groups in total. The third-order valence-electron chi connectivity index (χ3n) is 13.8. The first-order chi connectivity index (χ1) is 27.8. The van der Waals surface area contributed by atoms with Crippen molar-refractivity contribution in [3.05, 3.63) is 124 Å². The Bertz CT molecular complexity index is 2030. The fourth-order valence-electron chi connectivity index (χ4n) is 9.89. The monoisotopic (exact) mass is 844 g/mol. The highest BCUT2D eigenvalue weighted by Gasteiger charge is 2.66. The van der Waals surface area contributed by atoms with Gasteiger partial charge in [0.25, 0.3) is 10.0 Å². The Morgan fingerprint density at radius 1 is 0.638 bits per heavy atom. The van der Waals surface area contributed by atoms with Gasteiger partial charge in [0.15, 0.2) is 0 Å². The Labute approximate surface area is 359 Å². The molecule has 0 radical (unpaired) electrons. The highest BCUT2D eigenvalue weighted by atomic mass is 35.5. The van der Waals surface area contributed by atoms with Crippen LogP contribution in [0.1, 0.15) is 95.8 Å². The summed E-state index contributed by atoms with van der Waals surface area (Å²) in [4.78, 5) is 5.39. The molecule has 4 aromatic carbocycles. The van der Waals surface area contributed by atoms with Gasteiger partial charge in [-0.2, -0.15) is 0 Å². The van der Waals surface area contributed by atoms with Crippen LogP contribution < -0.4 is 10.5 Å². The lowest BCUT2D eigenvalue weighted by Gasteiger charge is -2.24. The van der Waals surface area contributed by atoms with Crippen LogP contribution in [-0.2, 0) is 20.9 Å². The van der Waals surface area contributed by atoms with Crippen molar-refractivity contribution >= 4 is 44.6 Å². The molecule has 8 rings (SSSR count). The van der Waals surface area contributed by atoms with Gasteiger partial charge in [-0.25, -0.2) is 8.42 Å². The van der Waals surface area contributed by atoms with Crippen molar-refractivity contribution in [2.75, 3.05) is 49.7 Å². The number of aryl methyl sites for hydroxylation is 1. The molecule has 2 saturated carbocycles. The molecule has 58 heavy (non-hydrogen) atoms. The summed E-state index contributed by atoms with van der Waals surface area (Å²) in [6.45, 7) is 18.7.